The van der Waals surface area contributed by atoms with Gasteiger partial charge in [0.05, 0.1) is 18.0 Å². The van der Waals surface area contributed by atoms with Gasteiger partial charge in [-0.2, -0.15) is 16.4 Å². The van der Waals surface area contributed by atoms with E-state index < -0.39 is 5.97 Å². The second kappa shape index (κ2) is 6.33. The molecule has 9 heteroatoms. The van der Waals surface area contributed by atoms with Crippen LogP contribution in [-0.4, -0.2) is 32.4 Å². The molecular weight excluding hydrogens is 372 g/mol. The van der Waals surface area contributed by atoms with Crippen molar-refractivity contribution in [1.82, 2.24) is 19.3 Å². The van der Waals surface area contributed by atoms with Crippen molar-refractivity contribution in [3.8, 4) is 11.1 Å². The Bertz CT molecular complexity index is 1170. The molecule has 0 aliphatic heterocycles. The average Bonchev–Trinajstić information content (AvgIpc) is 3.33. The number of nitrogens with zero attached hydrogens (tertiary/aromatic N) is 4. The molecule has 4 aromatic heterocycles. The minimum atomic E-state index is -0.483. The van der Waals surface area contributed by atoms with E-state index in [4.69, 9.17) is 9.72 Å². The Labute approximate surface area is 156 Å². The van der Waals surface area contributed by atoms with Gasteiger partial charge in [-0.15, -0.1) is 0 Å². The van der Waals surface area contributed by atoms with Gasteiger partial charge in [0.1, 0.15) is 6.54 Å². The van der Waals surface area contributed by atoms with Crippen molar-refractivity contribution in [2.45, 2.75) is 26.4 Å². The van der Waals surface area contributed by atoms with Crippen LogP contribution in [0, 0.1) is 0 Å². The molecule has 134 valence electrons. The van der Waals surface area contributed by atoms with Gasteiger partial charge in [-0.3, -0.25) is 14.2 Å². The van der Waals surface area contributed by atoms with E-state index in [2.05, 4.69) is 5.10 Å². The second-order valence-electron chi connectivity index (χ2n) is 6.10. The standard InChI is InChI=1S/C17H16N4O3S2/c1-9(2)21-15-11(6-18-21)13(10-4-5-25-8-10)14-16(19-15)20(17(23)26-14)7-12(22)24-3/h4-6,8-9H,7H2,1-3H3. The quantitative estimate of drug-likeness (QED) is 0.501. The summed E-state index contributed by atoms with van der Waals surface area (Å²) in [5.74, 6) is -0.483. The molecule has 0 bridgehead atoms. The second-order valence-corrected chi connectivity index (χ2v) is 7.84. The van der Waals surface area contributed by atoms with E-state index in [0.29, 0.717) is 11.3 Å². The lowest BCUT2D eigenvalue weighted by Gasteiger charge is -2.09. The van der Waals surface area contributed by atoms with Gasteiger partial charge in [0.25, 0.3) is 0 Å². The Balaban J connectivity index is 2.12. The Morgan fingerprint density at radius 2 is 2.15 bits per heavy atom. The predicted octanol–water partition coefficient (Wildman–Crippen LogP) is 3.29. The highest BCUT2D eigenvalue weighted by molar-refractivity contribution is 7.17. The molecule has 0 aliphatic rings. The normalized spacial score (nSPS) is 11.7. The van der Waals surface area contributed by atoms with Crippen LogP contribution in [0.2, 0.25) is 0 Å². The zero-order valence-corrected chi connectivity index (χ0v) is 16.1. The van der Waals surface area contributed by atoms with Crippen molar-refractivity contribution >= 4 is 50.0 Å². The minimum Gasteiger partial charge on any atom is -0.468 e. The van der Waals surface area contributed by atoms with Crippen LogP contribution in [0.4, 0.5) is 0 Å². The van der Waals surface area contributed by atoms with Gasteiger partial charge in [0.15, 0.2) is 11.3 Å². The minimum absolute atomic E-state index is 0.118. The van der Waals surface area contributed by atoms with Crippen LogP contribution in [0.3, 0.4) is 0 Å². The first kappa shape index (κ1) is 16.9. The summed E-state index contributed by atoms with van der Waals surface area (Å²) in [6, 6.07) is 2.13. The van der Waals surface area contributed by atoms with E-state index in [-0.39, 0.29) is 17.5 Å². The van der Waals surface area contributed by atoms with Gasteiger partial charge >= 0.3 is 10.8 Å². The summed E-state index contributed by atoms with van der Waals surface area (Å²) in [5.41, 5.74) is 3.14. The summed E-state index contributed by atoms with van der Waals surface area (Å²) < 4.78 is 8.69. The molecule has 0 radical (unpaired) electrons. The number of aromatic nitrogens is 4. The number of thiophene rings is 1. The first-order valence-corrected chi connectivity index (χ1v) is 9.77. The molecule has 0 N–H and O–H groups in total. The summed E-state index contributed by atoms with van der Waals surface area (Å²) in [6.07, 6.45) is 1.80. The molecule has 7 nitrogen and oxygen atoms in total. The van der Waals surface area contributed by atoms with Gasteiger partial charge in [0.2, 0.25) is 0 Å². The third-order valence-corrected chi connectivity index (χ3v) is 5.83. The summed E-state index contributed by atoms with van der Waals surface area (Å²) in [6.45, 7) is 3.89. The van der Waals surface area contributed by atoms with E-state index in [9.17, 15) is 9.59 Å². The van der Waals surface area contributed by atoms with Crippen molar-refractivity contribution in [2.24, 2.45) is 0 Å². The Kier molecular flexibility index (Phi) is 4.12. The summed E-state index contributed by atoms with van der Waals surface area (Å²) in [4.78, 5) is 28.8. The number of thiazole rings is 1. The molecule has 0 spiro atoms. The Hall–Kier alpha value is -2.52. The lowest BCUT2D eigenvalue weighted by Crippen LogP contribution is -2.20. The van der Waals surface area contributed by atoms with Crippen LogP contribution >= 0.6 is 22.7 Å². The molecule has 0 aromatic carbocycles. The number of methoxy groups -OCH3 is 1. The largest absolute Gasteiger partial charge is 0.468 e. The number of hydrogen-bond donors (Lipinski definition) is 0. The van der Waals surface area contributed by atoms with Crippen LogP contribution < -0.4 is 4.87 Å². The van der Waals surface area contributed by atoms with E-state index in [1.165, 1.54) is 11.7 Å². The summed E-state index contributed by atoms with van der Waals surface area (Å²) in [7, 11) is 1.30. The summed E-state index contributed by atoms with van der Waals surface area (Å²) in [5, 5.41) is 9.41. The molecule has 0 saturated carbocycles. The maximum Gasteiger partial charge on any atom is 0.325 e. The van der Waals surface area contributed by atoms with Gasteiger partial charge in [-0.25, -0.2) is 9.67 Å². The molecule has 26 heavy (non-hydrogen) atoms. The predicted molar refractivity (Wildman–Crippen MR) is 103 cm³/mol. The zero-order chi connectivity index (χ0) is 18.4. The first-order valence-electron chi connectivity index (χ1n) is 8.01. The Morgan fingerprint density at radius 1 is 1.35 bits per heavy atom. The maximum atomic E-state index is 12.5. The highest BCUT2D eigenvalue weighted by Crippen LogP contribution is 2.37. The van der Waals surface area contributed by atoms with Crippen LogP contribution in [0.25, 0.3) is 32.5 Å². The number of pyridine rings is 1. The van der Waals surface area contributed by atoms with Gasteiger partial charge in [0, 0.05) is 17.0 Å². The lowest BCUT2D eigenvalue weighted by molar-refractivity contribution is -0.141. The number of carbonyl (C=O) groups is 1. The van der Waals surface area contributed by atoms with Crippen molar-refractivity contribution in [1.29, 1.82) is 0 Å². The van der Waals surface area contributed by atoms with E-state index >= 15 is 0 Å². The number of esters is 1. The lowest BCUT2D eigenvalue weighted by atomic mass is 10.1. The molecule has 0 aliphatic carbocycles. The van der Waals surface area contributed by atoms with Crippen molar-refractivity contribution in [2.75, 3.05) is 7.11 Å². The number of carbonyl (C=O) groups excluding carboxylic acids is 1. The molecular formula is C17H16N4O3S2. The fourth-order valence-corrected chi connectivity index (χ4v) is 4.60. The zero-order valence-electron chi connectivity index (χ0n) is 14.4. The maximum absolute atomic E-state index is 12.5. The molecule has 4 heterocycles. The fraction of sp³-hybridized carbons (Fsp3) is 0.294. The van der Waals surface area contributed by atoms with E-state index in [1.54, 1.807) is 17.5 Å². The van der Waals surface area contributed by atoms with E-state index in [1.807, 2.05) is 35.4 Å². The average molecular weight is 388 g/mol. The molecule has 0 unspecified atom stereocenters. The van der Waals surface area contributed by atoms with Gasteiger partial charge in [-0.1, -0.05) is 11.3 Å². The molecule has 4 rings (SSSR count). The van der Waals surface area contributed by atoms with Gasteiger partial charge in [-0.05, 0) is 36.2 Å². The van der Waals surface area contributed by atoms with Crippen molar-refractivity contribution in [3.63, 3.8) is 0 Å². The highest BCUT2D eigenvalue weighted by Gasteiger charge is 2.22. The fourth-order valence-electron chi connectivity index (χ4n) is 2.94. The van der Waals surface area contributed by atoms with E-state index in [0.717, 1.165) is 32.5 Å². The van der Waals surface area contributed by atoms with Crippen molar-refractivity contribution < 1.29 is 9.53 Å². The molecule has 0 amide bonds. The third kappa shape index (κ3) is 2.55. The number of hydrogen-bond acceptors (Lipinski definition) is 7. The topological polar surface area (TPSA) is 79.0 Å². The first-order chi connectivity index (χ1) is 12.5. The molecule has 0 saturated heterocycles. The van der Waals surface area contributed by atoms with Crippen LogP contribution in [0.1, 0.15) is 19.9 Å². The van der Waals surface area contributed by atoms with Crippen LogP contribution in [-0.2, 0) is 16.1 Å². The van der Waals surface area contributed by atoms with Gasteiger partial charge < -0.3 is 4.74 Å². The monoisotopic (exact) mass is 388 g/mol. The van der Waals surface area contributed by atoms with Crippen molar-refractivity contribution in [3.05, 3.63) is 32.7 Å². The SMILES string of the molecule is COC(=O)Cn1c(=O)sc2c(-c3ccsc3)c3cnn(C(C)C)c3nc21. The summed E-state index contributed by atoms with van der Waals surface area (Å²) >= 11 is 2.68. The number of ether oxygens (including phenoxy) is 1. The molecule has 4 aromatic rings. The molecule has 0 fully saturated rings. The number of rotatable bonds is 4. The van der Waals surface area contributed by atoms with Crippen LogP contribution in [0.5, 0.6) is 0 Å². The Morgan fingerprint density at radius 3 is 2.81 bits per heavy atom. The smallest absolute Gasteiger partial charge is 0.325 e. The van der Waals surface area contributed by atoms with Crippen LogP contribution in [0.15, 0.2) is 27.8 Å². The highest BCUT2D eigenvalue weighted by atomic mass is 32.1. The third-order valence-electron chi connectivity index (χ3n) is 4.16. The number of fused-ring (bicyclic) bond motifs is 2. The molecule has 0 atom stereocenters.